The predicted molar refractivity (Wildman–Crippen MR) is 111 cm³/mol. The Morgan fingerprint density at radius 1 is 1.10 bits per heavy atom. The number of aromatic nitrogens is 2. The van der Waals surface area contributed by atoms with Gasteiger partial charge in [0.25, 0.3) is 11.8 Å². The van der Waals surface area contributed by atoms with E-state index in [1.165, 1.54) is 35.6 Å². The van der Waals surface area contributed by atoms with E-state index >= 15 is 0 Å². The van der Waals surface area contributed by atoms with Crippen molar-refractivity contribution < 1.29 is 14.0 Å². The van der Waals surface area contributed by atoms with Crippen molar-refractivity contribution in [3.05, 3.63) is 74.4 Å². The highest BCUT2D eigenvalue weighted by atomic mass is 79.9. The van der Waals surface area contributed by atoms with E-state index in [0.717, 1.165) is 17.3 Å². The van der Waals surface area contributed by atoms with E-state index in [2.05, 4.69) is 31.4 Å². The Bertz CT molecular complexity index is 1040. The lowest BCUT2D eigenvalue weighted by molar-refractivity contribution is 0.0735. The van der Waals surface area contributed by atoms with E-state index in [4.69, 9.17) is 0 Å². The summed E-state index contributed by atoms with van der Waals surface area (Å²) in [4.78, 5) is 27.1. The largest absolute Gasteiger partial charge is 0.329 e. The van der Waals surface area contributed by atoms with Gasteiger partial charge in [0, 0.05) is 22.3 Å². The Balaban J connectivity index is 1.49. The Morgan fingerprint density at radius 3 is 2.55 bits per heavy atom. The van der Waals surface area contributed by atoms with Crippen LogP contribution in [0.1, 0.15) is 44.1 Å². The molecule has 0 bridgehead atoms. The van der Waals surface area contributed by atoms with Crippen LogP contribution >= 0.6 is 27.3 Å². The molecule has 2 amide bonds. The minimum absolute atomic E-state index is 0.0625. The second kappa shape index (κ2) is 8.38. The van der Waals surface area contributed by atoms with Gasteiger partial charge in [0.05, 0.1) is 6.04 Å². The maximum atomic E-state index is 13.0. The first kappa shape index (κ1) is 19.7. The third-order valence-corrected chi connectivity index (χ3v) is 6.18. The van der Waals surface area contributed by atoms with E-state index < -0.39 is 5.91 Å². The quantitative estimate of drug-likeness (QED) is 0.595. The molecule has 3 aromatic rings. The van der Waals surface area contributed by atoms with Crippen molar-refractivity contribution in [1.29, 1.82) is 0 Å². The number of nitrogens with zero attached hydrogens (tertiary/aromatic N) is 3. The zero-order valence-corrected chi connectivity index (χ0v) is 17.5. The molecule has 1 aliphatic heterocycles. The summed E-state index contributed by atoms with van der Waals surface area (Å²) < 4.78 is 13.9. The Labute approximate surface area is 178 Å². The molecule has 1 aliphatic rings. The monoisotopic (exact) mass is 474 g/mol. The van der Waals surface area contributed by atoms with Crippen molar-refractivity contribution in [2.45, 2.75) is 18.9 Å². The van der Waals surface area contributed by atoms with Crippen molar-refractivity contribution in [1.82, 2.24) is 15.1 Å². The van der Waals surface area contributed by atoms with Gasteiger partial charge in [-0.05, 0) is 61.4 Å². The lowest BCUT2D eigenvalue weighted by atomic mass is 10.2. The molecule has 4 rings (SSSR count). The summed E-state index contributed by atoms with van der Waals surface area (Å²) >= 11 is 4.54. The van der Waals surface area contributed by atoms with E-state index in [9.17, 15) is 14.0 Å². The normalized spacial score (nSPS) is 16.1. The number of hydrogen-bond acceptors (Lipinski definition) is 5. The lowest BCUT2D eigenvalue weighted by Crippen LogP contribution is -2.30. The number of halogens is 2. The van der Waals surface area contributed by atoms with E-state index in [1.807, 2.05) is 12.1 Å². The fraction of sp³-hybridized carbons (Fsp3) is 0.200. The van der Waals surface area contributed by atoms with Crippen LogP contribution in [0.25, 0.3) is 0 Å². The van der Waals surface area contributed by atoms with Crippen LogP contribution in [-0.4, -0.2) is 33.5 Å². The molecule has 2 heterocycles. The molecule has 9 heteroatoms. The highest BCUT2D eigenvalue weighted by Crippen LogP contribution is 2.35. The van der Waals surface area contributed by atoms with Crippen molar-refractivity contribution in [3.63, 3.8) is 0 Å². The number of anilines is 1. The second-order valence-electron chi connectivity index (χ2n) is 6.57. The molecule has 1 aromatic heterocycles. The molecule has 1 N–H and O–H groups in total. The number of benzene rings is 2. The first-order valence-electron chi connectivity index (χ1n) is 8.98. The fourth-order valence-corrected chi connectivity index (χ4v) is 4.35. The maximum Gasteiger partial charge on any atom is 0.286 e. The molecular formula is C20H16BrFN4O2S. The predicted octanol–water partition coefficient (Wildman–Crippen LogP) is 4.67. The molecule has 29 heavy (non-hydrogen) atoms. The number of amides is 2. The lowest BCUT2D eigenvalue weighted by Gasteiger charge is -2.22. The number of nitrogens with one attached hydrogen (secondary N) is 1. The van der Waals surface area contributed by atoms with Gasteiger partial charge in [-0.1, -0.05) is 27.3 Å². The molecule has 0 unspecified atom stereocenters. The molecule has 0 aliphatic carbocycles. The van der Waals surface area contributed by atoms with Crippen LogP contribution in [0, 0.1) is 5.82 Å². The molecule has 6 nitrogen and oxygen atoms in total. The summed E-state index contributed by atoms with van der Waals surface area (Å²) in [5.41, 5.74) is 1.08. The Kier molecular flexibility index (Phi) is 5.68. The van der Waals surface area contributed by atoms with Gasteiger partial charge in [0.15, 0.2) is 0 Å². The summed E-state index contributed by atoms with van der Waals surface area (Å²) in [5.74, 6) is -0.852. The van der Waals surface area contributed by atoms with E-state index in [-0.39, 0.29) is 22.8 Å². The molecule has 1 fully saturated rings. The number of rotatable bonds is 4. The molecular weight excluding hydrogens is 459 g/mol. The number of likely N-dealkylation sites (tertiary alicyclic amines) is 1. The van der Waals surface area contributed by atoms with Crippen LogP contribution < -0.4 is 5.32 Å². The number of carbonyl (C=O) groups is 2. The maximum absolute atomic E-state index is 13.0. The van der Waals surface area contributed by atoms with Crippen LogP contribution in [0.5, 0.6) is 0 Å². The minimum atomic E-state index is -0.413. The average Bonchev–Trinajstić information content (AvgIpc) is 3.39. The van der Waals surface area contributed by atoms with Gasteiger partial charge in [-0.2, -0.15) is 0 Å². The minimum Gasteiger partial charge on any atom is -0.329 e. The summed E-state index contributed by atoms with van der Waals surface area (Å²) in [5, 5.41) is 11.7. The van der Waals surface area contributed by atoms with Crippen molar-refractivity contribution in [2.24, 2.45) is 0 Å². The third-order valence-electron chi connectivity index (χ3n) is 4.63. The van der Waals surface area contributed by atoms with Crippen LogP contribution in [0.3, 0.4) is 0 Å². The summed E-state index contributed by atoms with van der Waals surface area (Å²) in [6, 6.07) is 12.5. The third kappa shape index (κ3) is 4.35. The average molecular weight is 475 g/mol. The van der Waals surface area contributed by atoms with Crippen LogP contribution in [0.4, 0.5) is 10.1 Å². The SMILES string of the molecule is O=C(Nc1ccc(F)cc1)c1nnc([C@@H]2CCCN2C(=O)c2ccc(Br)cc2)s1. The van der Waals surface area contributed by atoms with Gasteiger partial charge in [-0.15, -0.1) is 10.2 Å². The van der Waals surface area contributed by atoms with Gasteiger partial charge in [-0.25, -0.2) is 4.39 Å². The molecule has 148 valence electrons. The molecule has 2 aromatic carbocycles. The molecule has 0 radical (unpaired) electrons. The molecule has 1 atom stereocenters. The second-order valence-corrected chi connectivity index (χ2v) is 8.49. The standard InChI is InChI=1S/C20H16BrFN4O2S/c21-13-5-3-12(4-6-13)20(28)26-11-1-2-16(26)18-24-25-19(29-18)17(27)23-15-9-7-14(22)8-10-15/h3-10,16H,1-2,11H2,(H,23,27)/t16-/m0/s1. The van der Waals surface area contributed by atoms with Gasteiger partial charge >= 0.3 is 0 Å². The zero-order valence-electron chi connectivity index (χ0n) is 15.1. The van der Waals surface area contributed by atoms with E-state index in [0.29, 0.717) is 22.8 Å². The van der Waals surface area contributed by atoms with Crippen molar-refractivity contribution >= 4 is 44.8 Å². The van der Waals surface area contributed by atoms with Gasteiger partial charge in [0.1, 0.15) is 10.8 Å². The summed E-state index contributed by atoms with van der Waals surface area (Å²) in [7, 11) is 0. The Morgan fingerprint density at radius 2 is 1.83 bits per heavy atom. The molecule has 0 saturated carbocycles. The van der Waals surface area contributed by atoms with Gasteiger partial charge in [-0.3, -0.25) is 9.59 Å². The smallest absolute Gasteiger partial charge is 0.286 e. The van der Waals surface area contributed by atoms with Gasteiger partial charge in [0.2, 0.25) is 5.01 Å². The van der Waals surface area contributed by atoms with E-state index in [1.54, 1.807) is 17.0 Å². The van der Waals surface area contributed by atoms with Crippen LogP contribution in [-0.2, 0) is 0 Å². The Hall–Kier alpha value is -2.65. The zero-order chi connectivity index (χ0) is 20.4. The van der Waals surface area contributed by atoms with Crippen LogP contribution in [0.2, 0.25) is 0 Å². The number of hydrogen-bond donors (Lipinski definition) is 1. The summed E-state index contributed by atoms with van der Waals surface area (Å²) in [6.45, 7) is 0.635. The van der Waals surface area contributed by atoms with Crippen molar-refractivity contribution in [3.8, 4) is 0 Å². The first-order valence-corrected chi connectivity index (χ1v) is 10.6. The highest BCUT2D eigenvalue weighted by molar-refractivity contribution is 9.10. The summed E-state index contributed by atoms with van der Waals surface area (Å²) in [6.07, 6.45) is 1.64. The topological polar surface area (TPSA) is 75.2 Å². The number of carbonyl (C=O) groups excluding carboxylic acids is 2. The van der Waals surface area contributed by atoms with Crippen molar-refractivity contribution in [2.75, 3.05) is 11.9 Å². The highest BCUT2D eigenvalue weighted by Gasteiger charge is 2.33. The fourth-order valence-electron chi connectivity index (χ4n) is 3.20. The van der Waals surface area contributed by atoms with Crippen LogP contribution in [0.15, 0.2) is 53.0 Å². The molecule has 1 saturated heterocycles. The first-order chi connectivity index (χ1) is 14.0. The van der Waals surface area contributed by atoms with Gasteiger partial charge < -0.3 is 10.2 Å². The molecule has 0 spiro atoms.